The lowest BCUT2D eigenvalue weighted by Crippen LogP contribution is -2.68. The quantitative estimate of drug-likeness (QED) is 0.171. The third-order valence-electron chi connectivity index (χ3n) is 17.2. The second-order valence-corrected chi connectivity index (χ2v) is 20.6. The number of carboxylic acids is 3. The molecular formula is C42H62O16. The third-order valence-corrected chi connectivity index (χ3v) is 17.2. The zero-order chi connectivity index (χ0) is 42.9. The highest BCUT2D eigenvalue weighted by molar-refractivity contribution is 5.95. The number of aliphatic hydroxyl groups excluding tert-OH is 5. The van der Waals surface area contributed by atoms with Crippen molar-refractivity contribution in [1.82, 2.24) is 0 Å². The number of carbonyl (C=O) groups is 4. The van der Waals surface area contributed by atoms with Gasteiger partial charge in [0.05, 0.1) is 11.5 Å². The lowest BCUT2D eigenvalue weighted by atomic mass is 9.33. The van der Waals surface area contributed by atoms with E-state index in [0.29, 0.717) is 25.7 Å². The molecule has 2 aliphatic heterocycles. The number of carbonyl (C=O) groups excluding carboxylic acids is 1. The van der Waals surface area contributed by atoms with Crippen molar-refractivity contribution in [3.63, 3.8) is 0 Å². The molecule has 3 unspecified atom stereocenters. The van der Waals surface area contributed by atoms with Crippen molar-refractivity contribution < 1.29 is 79.0 Å². The Bertz CT molecular complexity index is 1730. The van der Waals surface area contributed by atoms with Gasteiger partial charge in [0.15, 0.2) is 30.6 Å². The van der Waals surface area contributed by atoms with E-state index in [-0.39, 0.29) is 34.4 Å². The Hall–Kier alpha value is -2.54. The van der Waals surface area contributed by atoms with Crippen LogP contribution in [0.3, 0.4) is 0 Å². The summed E-state index contributed by atoms with van der Waals surface area (Å²) in [7, 11) is 0. The summed E-state index contributed by atoms with van der Waals surface area (Å²) in [4.78, 5) is 51.3. The minimum Gasteiger partial charge on any atom is -0.481 e. The van der Waals surface area contributed by atoms with E-state index >= 15 is 0 Å². The molecule has 2 heterocycles. The number of hydrogen-bond acceptors (Lipinski definition) is 13. The lowest BCUT2D eigenvalue weighted by molar-refractivity contribution is -0.371. The molecule has 0 aromatic rings. The normalized spacial score (nSPS) is 52.6. The Morgan fingerprint density at radius 1 is 0.690 bits per heavy atom. The highest BCUT2D eigenvalue weighted by atomic mass is 16.8. The first-order chi connectivity index (χ1) is 26.8. The van der Waals surface area contributed by atoms with Gasteiger partial charge in [0.25, 0.3) is 0 Å². The van der Waals surface area contributed by atoms with Gasteiger partial charge in [-0.3, -0.25) is 9.59 Å². The number of aliphatic carboxylic acids is 3. The first-order valence-corrected chi connectivity index (χ1v) is 20.7. The zero-order valence-electron chi connectivity index (χ0n) is 34.4. The minimum atomic E-state index is -2.05. The van der Waals surface area contributed by atoms with Crippen LogP contribution in [-0.2, 0) is 38.1 Å². The van der Waals surface area contributed by atoms with E-state index in [2.05, 4.69) is 27.7 Å². The number of allylic oxidation sites excluding steroid dienone is 2. The third kappa shape index (κ3) is 6.25. The summed E-state index contributed by atoms with van der Waals surface area (Å²) in [5, 5.41) is 83.0. The van der Waals surface area contributed by atoms with Gasteiger partial charge in [0.1, 0.15) is 36.6 Å². The number of aliphatic hydroxyl groups is 5. The van der Waals surface area contributed by atoms with Crippen LogP contribution in [0.2, 0.25) is 0 Å². The molecule has 4 saturated carbocycles. The smallest absolute Gasteiger partial charge is 0.335 e. The van der Waals surface area contributed by atoms with E-state index in [1.54, 1.807) is 0 Å². The van der Waals surface area contributed by atoms with Gasteiger partial charge in [-0.15, -0.1) is 0 Å². The van der Waals surface area contributed by atoms with Crippen molar-refractivity contribution in [2.75, 3.05) is 0 Å². The Kier molecular flexibility index (Phi) is 10.7. The molecule has 5 aliphatic carbocycles. The SMILES string of the molecule is CC1(C)C2CC[C@]3(C)C(C(=O)C=C4C5C[C@@](C)(C(=O)O)CC[C@]5(C)CC[C@]43C)[C@@]2(C)CC[C@@H]1O[C@H]1O[C@H](C(=O)O)[C@@H](O)[C@H](O)[C@H]1O[C@@H]1O[C@H](C(=O)O)[C@@H](O)[C@H](O)[C@H]1O. The van der Waals surface area contributed by atoms with Crippen LogP contribution in [0.1, 0.15) is 106 Å². The zero-order valence-corrected chi connectivity index (χ0v) is 34.4. The van der Waals surface area contributed by atoms with E-state index in [1.165, 1.54) is 0 Å². The summed E-state index contributed by atoms with van der Waals surface area (Å²) in [6, 6.07) is 0. The standard InChI is InChI=1S/C42H62O16/c1-37(2)21-8-11-42(7)31(20(43)16-18-19-17-39(4,36(53)54)13-12-38(19,3)14-15-41(18,42)6)40(21,5)10-9-22(37)55-35-30(26(47)25(46)29(57-35)33(51)52)58-34-27(48)23(44)24(45)28(56-34)32(49)50/h16,19,21-31,34-35,44-48H,8-15,17H2,1-7H3,(H,49,50)(H,51,52)(H,53,54)/t19?,21?,22-,23-,24-,25-,26-,27+,28-,29-,30+,31?,34-,35-,38+,39-,40-,41+,42+/m0/s1. The number of ether oxygens (including phenoxy) is 4. The van der Waals surface area contributed by atoms with Crippen LogP contribution in [0, 0.1) is 50.2 Å². The summed E-state index contributed by atoms with van der Waals surface area (Å²) in [6.45, 7) is 14.8. The van der Waals surface area contributed by atoms with Crippen LogP contribution < -0.4 is 0 Å². The maximum absolute atomic E-state index is 14.8. The molecule has 19 atom stereocenters. The van der Waals surface area contributed by atoms with E-state index in [9.17, 15) is 60.0 Å². The maximum atomic E-state index is 14.8. The predicted molar refractivity (Wildman–Crippen MR) is 199 cm³/mol. The molecule has 326 valence electrons. The first kappa shape index (κ1) is 43.5. The molecule has 0 aromatic carbocycles. The van der Waals surface area contributed by atoms with E-state index in [1.807, 2.05) is 26.8 Å². The fourth-order valence-electron chi connectivity index (χ4n) is 13.4. The average Bonchev–Trinajstić information content (AvgIpc) is 3.13. The summed E-state index contributed by atoms with van der Waals surface area (Å²) >= 11 is 0. The monoisotopic (exact) mass is 822 g/mol. The highest BCUT2D eigenvalue weighted by Gasteiger charge is 2.71. The molecule has 6 fully saturated rings. The molecule has 2 saturated heterocycles. The molecule has 0 aromatic heterocycles. The van der Waals surface area contributed by atoms with E-state index in [4.69, 9.17) is 18.9 Å². The molecule has 8 N–H and O–H groups in total. The van der Waals surface area contributed by atoms with Crippen LogP contribution in [-0.4, -0.2) is 132 Å². The molecule has 16 nitrogen and oxygen atoms in total. The minimum absolute atomic E-state index is 0.0217. The summed E-state index contributed by atoms with van der Waals surface area (Å²) in [5.74, 6) is -4.47. The number of hydrogen-bond donors (Lipinski definition) is 8. The number of rotatable bonds is 7. The van der Waals surface area contributed by atoms with Crippen molar-refractivity contribution in [2.24, 2.45) is 50.2 Å². The summed E-state index contributed by atoms with van der Waals surface area (Å²) in [5.41, 5.74) is -1.81. The first-order valence-electron chi connectivity index (χ1n) is 20.7. The van der Waals surface area contributed by atoms with Crippen molar-refractivity contribution in [3.05, 3.63) is 11.6 Å². The molecular weight excluding hydrogens is 760 g/mol. The topological polar surface area (TPSA) is 267 Å². The van der Waals surface area contributed by atoms with Crippen molar-refractivity contribution in [2.45, 2.75) is 174 Å². The van der Waals surface area contributed by atoms with E-state index < -0.39 is 107 Å². The van der Waals surface area contributed by atoms with Gasteiger partial charge in [-0.05, 0) is 110 Å². The van der Waals surface area contributed by atoms with Crippen molar-refractivity contribution in [1.29, 1.82) is 0 Å². The van der Waals surface area contributed by atoms with Gasteiger partial charge < -0.3 is 59.8 Å². The second-order valence-electron chi connectivity index (χ2n) is 20.6. The van der Waals surface area contributed by atoms with Gasteiger partial charge in [-0.25, -0.2) is 9.59 Å². The summed E-state index contributed by atoms with van der Waals surface area (Å²) < 4.78 is 23.4. The fourth-order valence-corrected chi connectivity index (χ4v) is 13.4. The Labute approximate surface area is 337 Å². The molecule has 0 bridgehead atoms. The molecule has 7 aliphatic rings. The van der Waals surface area contributed by atoms with Crippen LogP contribution in [0.25, 0.3) is 0 Å². The van der Waals surface area contributed by atoms with Gasteiger partial charge in [-0.1, -0.05) is 47.1 Å². The van der Waals surface area contributed by atoms with Gasteiger partial charge in [0.2, 0.25) is 0 Å². The van der Waals surface area contributed by atoms with Crippen LogP contribution in [0.4, 0.5) is 0 Å². The summed E-state index contributed by atoms with van der Waals surface area (Å²) in [6.07, 6.45) is -12.2. The highest BCUT2D eigenvalue weighted by Crippen LogP contribution is 2.75. The lowest BCUT2D eigenvalue weighted by Gasteiger charge is -2.70. The largest absolute Gasteiger partial charge is 0.481 e. The molecule has 0 radical (unpaired) electrons. The molecule has 0 spiro atoms. The fraction of sp³-hybridized carbons (Fsp3) is 0.857. The number of ketones is 1. The van der Waals surface area contributed by atoms with Gasteiger partial charge in [-0.2, -0.15) is 0 Å². The van der Waals surface area contributed by atoms with Crippen LogP contribution >= 0.6 is 0 Å². The predicted octanol–water partition coefficient (Wildman–Crippen LogP) is 2.25. The Balaban J connectivity index is 1.17. The molecule has 0 amide bonds. The maximum Gasteiger partial charge on any atom is 0.335 e. The van der Waals surface area contributed by atoms with Crippen molar-refractivity contribution >= 4 is 23.7 Å². The average molecular weight is 823 g/mol. The van der Waals surface area contributed by atoms with E-state index in [0.717, 1.165) is 37.7 Å². The molecule has 16 heteroatoms. The van der Waals surface area contributed by atoms with Gasteiger partial charge in [0, 0.05) is 5.92 Å². The second kappa shape index (κ2) is 14.3. The Morgan fingerprint density at radius 3 is 1.88 bits per heavy atom. The number of carboxylic acid groups (broad SMARTS) is 3. The van der Waals surface area contributed by atoms with Gasteiger partial charge >= 0.3 is 17.9 Å². The van der Waals surface area contributed by atoms with Crippen LogP contribution in [0.5, 0.6) is 0 Å². The molecule has 58 heavy (non-hydrogen) atoms. The van der Waals surface area contributed by atoms with Crippen LogP contribution in [0.15, 0.2) is 11.6 Å². The van der Waals surface area contributed by atoms with Crippen molar-refractivity contribution in [3.8, 4) is 0 Å². The number of fused-ring (bicyclic) bond motifs is 7. The Morgan fingerprint density at radius 2 is 1.28 bits per heavy atom. The molecule has 7 rings (SSSR count).